The maximum absolute atomic E-state index is 12.1. The molecule has 0 aliphatic rings. The maximum Gasteiger partial charge on any atom is 0.243 e. The zero-order valence-corrected chi connectivity index (χ0v) is 13.4. The minimum atomic E-state index is -3.70. The minimum absolute atomic E-state index is 0.0134. The molecular weight excluding hydrogens is 335 g/mol. The van der Waals surface area contributed by atoms with E-state index in [4.69, 9.17) is 41.2 Å². The summed E-state index contributed by atoms with van der Waals surface area (Å²) in [5, 5.41) is 0. The highest BCUT2D eigenvalue weighted by Gasteiger charge is 2.24. The van der Waals surface area contributed by atoms with Crippen molar-refractivity contribution < 1.29 is 8.42 Å². The molecule has 0 aliphatic carbocycles. The second-order valence-corrected chi connectivity index (χ2v) is 8.08. The van der Waals surface area contributed by atoms with Gasteiger partial charge in [0.05, 0.1) is 9.32 Å². The van der Waals surface area contributed by atoms with Gasteiger partial charge in [0, 0.05) is 12.5 Å². The number of thiocarbonyl (C=S) groups is 1. The Morgan fingerprint density at radius 2 is 2.22 bits per heavy atom. The van der Waals surface area contributed by atoms with Gasteiger partial charge in [-0.05, 0) is 12.5 Å². The Morgan fingerprint density at radius 1 is 1.61 bits per heavy atom. The Labute approximate surface area is 126 Å². The molecule has 0 spiro atoms. The Morgan fingerprint density at radius 3 is 2.61 bits per heavy atom. The van der Waals surface area contributed by atoms with Gasteiger partial charge < -0.3 is 5.73 Å². The van der Waals surface area contributed by atoms with Crippen LogP contribution in [0.1, 0.15) is 19.8 Å². The number of hydrogen-bond donors (Lipinski definition) is 2. The predicted molar refractivity (Wildman–Crippen MR) is 80.1 cm³/mol. The van der Waals surface area contributed by atoms with Gasteiger partial charge in [0.25, 0.3) is 0 Å². The van der Waals surface area contributed by atoms with Gasteiger partial charge in [-0.3, -0.25) is 0 Å². The molecule has 3 N–H and O–H groups in total. The molecule has 0 aromatic carbocycles. The molecule has 4 nitrogen and oxygen atoms in total. The lowest BCUT2D eigenvalue weighted by atomic mass is 10.2. The smallest absolute Gasteiger partial charge is 0.243 e. The van der Waals surface area contributed by atoms with Crippen LogP contribution in [-0.2, 0) is 10.0 Å². The summed E-state index contributed by atoms with van der Waals surface area (Å²) in [5.74, 6) is 0. The fourth-order valence-electron chi connectivity index (χ4n) is 1.30. The first-order valence-corrected chi connectivity index (χ1v) is 8.48. The molecule has 0 radical (unpaired) electrons. The van der Waals surface area contributed by atoms with Crippen LogP contribution >= 0.6 is 46.8 Å². The summed E-state index contributed by atoms with van der Waals surface area (Å²) >= 11 is 17.3. The van der Waals surface area contributed by atoms with E-state index in [1.807, 2.05) is 6.92 Å². The average molecular weight is 347 g/mol. The molecule has 0 amide bonds. The lowest BCUT2D eigenvalue weighted by molar-refractivity contribution is 0.547. The highest BCUT2D eigenvalue weighted by molar-refractivity contribution is 7.89. The number of thiophene rings is 1. The van der Waals surface area contributed by atoms with Crippen molar-refractivity contribution in [3.63, 3.8) is 0 Å². The van der Waals surface area contributed by atoms with Crippen LogP contribution in [0.25, 0.3) is 0 Å². The number of nitrogens with two attached hydrogens (primary N) is 1. The Hall–Kier alpha value is 0.0800. The fourth-order valence-corrected chi connectivity index (χ4v) is 4.97. The van der Waals surface area contributed by atoms with Crippen molar-refractivity contribution >= 4 is 61.8 Å². The van der Waals surface area contributed by atoms with Gasteiger partial charge in [0.1, 0.15) is 9.23 Å². The largest absolute Gasteiger partial charge is 0.393 e. The van der Waals surface area contributed by atoms with Gasteiger partial charge in [-0.15, -0.1) is 11.3 Å². The summed E-state index contributed by atoms with van der Waals surface area (Å²) in [4.78, 5) is 0.250. The van der Waals surface area contributed by atoms with Crippen molar-refractivity contribution in [2.45, 2.75) is 30.7 Å². The fraction of sp³-hybridized carbons (Fsp3) is 0.444. The zero-order chi connectivity index (χ0) is 13.9. The average Bonchev–Trinajstić information content (AvgIpc) is 2.56. The van der Waals surface area contributed by atoms with E-state index in [0.717, 1.165) is 11.3 Å². The summed E-state index contributed by atoms with van der Waals surface area (Å²) < 4.78 is 27.1. The third-order valence-corrected chi connectivity index (χ3v) is 5.62. The van der Waals surface area contributed by atoms with Gasteiger partial charge in [0.15, 0.2) is 0 Å². The van der Waals surface area contributed by atoms with Gasteiger partial charge >= 0.3 is 0 Å². The minimum Gasteiger partial charge on any atom is -0.393 e. The molecule has 1 rings (SSSR count). The van der Waals surface area contributed by atoms with E-state index < -0.39 is 10.0 Å². The molecular formula is C9H12Cl2N2O2S3. The SMILES string of the molecule is CCC(CC(N)=S)NS(=O)(=O)c1cc(Cl)sc1Cl. The Kier molecular flexibility index (Phi) is 5.82. The first-order chi connectivity index (χ1) is 8.26. The standard InChI is InChI=1S/C9H12Cl2N2O2S3/c1-2-5(3-8(12)16)13-18(14,15)6-4-7(10)17-9(6)11/h4-5,13H,2-3H2,1H3,(H2,12,16). The zero-order valence-electron chi connectivity index (χ0n) is 9.44. The van der Waals surface area contributed by atoms with Crippen molar-refractivity contribution in [1.82, 2.24) is 4.72 Å². The molecule has 0 saturated heterocycles. The lowest BCUT2D eigenvalue weighted by Crippen LogP contribution is -2.36. The van der Waals surface area contributed by atoms with E-state index in [2.05, 4.69) is 4.72 Å². The van der Waals surface area contributed by atoms with Gasteiger partial charge in [-0.1, -0.05) is 42.3 Å². The Bertz CT molecular complexity index is 542. The predicted octanol–water partition coefficient (Wildman–Crippen LogP) is 2.79. The van der Waals surface area contributed by atoms with Crippen LogP contribution < -0.4 is 10.5 Å². The van der Waals surface area contributed by atoms with Crippen molar-refractivity contribution in [2.75, 3.05) is 0 Å². The van der Waals surface area contributed by atoms with Crippen LogP contribution in [0.2, 0.25) is 8.67 Å². The van der Waals surface area contributed by atoms with E-state index in [1.54, 1.807) is 0 Å². The van der Waals surface area contributed by atoms with E-state index >= 15 is 0 Å². The van der Waals surface area contributed by atoms with Gasteiger partial charge in [0.2, 0.25) is 10.0 Å². The quantitative estimate of drug-likeness (QED) is 0.776. The number of halogens is 2. The second kappa shape index (κ2) is 6.49. The van der Waals surface area contributed by atoms with E-state index in [9.17, 15) is 8.42 Å². The van der Waals surface area contributed by atoms with Crippen LogP contribution in [0.5, 0.6) is 0 Å². The summed E-state index contributed by atoms with van der Waals surface area (Å²) in [7, 11) is -3.70. The molecule has 1 heterocycles. The summed E-state index contributed by atoms with van der Waals surface area (Å²) in [6, 6.07) is 0.979. The third kappa shape index (κ3) is 4.32. The highest BCUT2D eigenvalue weighted by Crippen LogP contribution is 2.34. The normalized spacial score (nSPS) is 13.5. The van der Waals surface area contributed by atoms with Crippen molar-refractivity contribution in [3.05, 3.63) is 14.7 Å². The summed E-state index contributed by atoms with van der Waals surface area (Å²) in [5.41, 5.74) is 5.41. The molecule has 18 heavy (non-hydrogen) atoms. The van der Waals surface area contributed by atoms with Crippen LogP contribution in [0.15, 0.2) is 11.0 Å². The first kappa shape index (κ1) is 16.1. The number of hydrogen-bond acceptors (Lipinski definition) is 4. The van der Waals surface area contributed by atoms with Crippen LogP contribution in [0, 0.1) is 0 Å². The lowest BCUT2D eigenvalue weighted by Gasteiger charge is -2.15. The summed E-state index contributed by atoms with van der Waals surface area (Å²) in [6.07, 6.45) is 0.882. The molecule has 1 atom stereocenters. The second-order valence-electron chi connectivity index (χ2n) is 3.59. The molecule has 102 valence electrons. The molecule has 0 fully saturated rings. The topological polar surface area (TPSA) is 72.2 Å². The van der Waals surface area contributed by atoms with Crippen molar-refractivity contribution in [1.29, 1.82) is 0 Å². The van der Waals surface area contributed by atoms with E-state index in [-0.39, 0.29) is 20.3 Å². The van der Waals surface area contributed by atoms with E-state index in [1.165, 1.54) is 6.07 Å². The van der Waals surface area contributed by atoms with Gasteiger partial charge in [-0.2, -0.15) is 0 Å². The first-order valence-electron chi connectivity index (χ1n) is 5.01. The van der Waals surface area contributed by atoms with Crippen molar-refractivity contribution in [3.8, 4) is 0 Å². The number of rotatable bonds is 6. The van der Waals surface area contributed by atoms with Crippen LogP contribution in [0.3, 0.4) is 0 Å². The molecule has 9 heteroatoms. The van der Waals surface area contributed by atoms with E-state index in [0.29, 0.717) is 17.2 Å². The maximum atomic E-state index is 12.1. The van der Waals surface area contributed by atoms with Gasteiger partial charge in [-0.25, -0.2) is 13.1 Å². The van der Waals surface area contributed by atoms with Crippen LogP contribution in [0.4, 0.5) is 0 Å². The summed E-state index contributed by atoms with van der Waals surface area (Å²) in [6.45, 7) is 1.84. The molecule has 0 aliphatic heterocycles. The number of nitrogens with one attached hydrogen (secondary N) is 1. The molecule has 1 unspecified atom stereocenters. The monoisotopic (exact) mass is 346 g/mol. The van der Waals surface area contributed by atoms with Crippen LogP contribution in [-0.4, -0.2) is 19.4 Å². The number of sulfonamides is 1. The Balaban J connectivity index is 2.94. The molecule has 1 aromatic heterocycles. The third-order valence-electron chi connectivity index (χ3n) is 2.18. The molecule has 0 saturated carbocycles. The molecule has 1 aromatic rings. The highest BCUT2D eigenvalue weighted by atomic mass is 35.5. The molecule has 0 bridgehead atoms. The van der Waals surface area contributed by atoms with Crippen molar-refractivity contribution in [2.24, 2.45) is 5.73 Å².